The van der Waals surface area contributed by atoms with Crippen LogP contribution < -0.4 is 4.74 Å². The van der Waals surface area contributed by atoms with E-state index < -0.39 is 12.6 Å². The number of fused-ring (bicyclic) bond motifs is 3. The molecule has 2 aromatic carbocycles. The number of aryl methyl sites for hydroxylation is 2. The first kappa shape index (κ1) is 25.9. The topological polar surface area (TPSA) is 93.9 Å². The van der Waals surface area contributed by atoms with Gasteiger partial charge in [-0.15, -0.1) is 0 Å². The number of nitrogens with zero attached hydrogens (tertiary/aromatic N) is 3. The highest BCUT2D eigenvalue weighted by Gasteiger charge is 2.31. The van der Waals surface area contributed by atoms with Gasteiger partial charge in [0.05, 0.1) is 30.6 Å². The summed E-state index contributed by atoms with van der Waals surface area (Å²) in [7, 11) is 1.38. The van der Waals surface area contributed by atoms with Crippen molar-refractivity contribution in [1.82, 2.24) is 14.5 Å². The van der Waals surface area contributed by atoms with Crippen molar-refractivity contribution in [1.29, 1.82) is 0 Å². The number of methoxy groups -OCH3 is 1. The zero-order valence-corrected chi connectivity index (χ0v) is 21.2. The molecule has 0 atom stereocenters. The van der Waals surface area contributed by atoms with E-state index in [1.807, 2.05) is 0 Å². The average Bonchev–Trinajstić information content (AvgIpc) is 3.30. The third kappa shape index (κ3) is 5.30. The van der Waals surface area contributed by atoms with Gasteiger partial charge in [0, 0.05) is 24.6 Å². The van der Waals surface area contributed by atoms with Crippen LogP contribution in [0.2, 0.25) is 0 Å². The summed E-state index contributed by atoms with van der Waals surface area (Å²) in [5, 5.41) is 9.45. The fourth-order valence-corrected chi connectivity index (χ4v) is 5.75. The van der Waals surface area contributed by atoms with E-state index in [9.17, 15) is 23.5 Å². The first-order chi connectivity index (χ1) is 18.3. The number of carboxylic acids is 1. The van der Waals surface area contributed by atoms with Crippen molar-refractivity contribution in [2.24, 2.45) is 5.92 Å². The minimum atomic E-state index is -2.86. The minimum absolute atomic E-state index is 0.120. The zero-order valence-electron chi connectivity index (χ0n) is 21.2. The molecule has 3 aromatic rings. The minimum Gasteiger partial charge on any atom is -0.481 e. The number of benzene rings is 2. The van der Waals surface area contributed by atoms with Crippen molar-refractivity contribution in [2.45, 2.75) is 64.1 Å². The SMILES string of the molecule is COC(=O)N1CCc2ccc3c(nc([C@H]4CC[C@H](C(=O)O)CC4)n3CCc3ccc(OC(F)F)cc3)c2C1. The highest BCUT2D eigenvalue weighted by Crippen LogP contribution is 2.38. The fourth-order valence-electron chi connectivity index (χ4n) is 5.75. The highest BCUT2D eigenvalue weighted by atomic mass is 19.3. The molecule has 0 radical (unpaired) electrons. The van der Waals surface area contributed by atoms with Crippen LogP contribution in [0.5, 0.6) is 5.75 Å². The average molecular weight is 528 g/mol. The Morgan fingerprint density at radius 3 is 2.50 bits per heavy atom. The monoisotopic (exact) mass is 527 g/mol. The Bertz CT molecular complexity index is 1320. The number of alkyl halides is 2. The Labute approximate surface area is 219 Å². The molecule has 0 bridgehead atoms. The zero-order chi connectivity index (χ0) is 26.8. The highest BCUT2D eigenvalue weighted by molar-refractivity contribution is 5.82. The Morgan fingerprint density at radius 2 is 1.84 bits per heavy atom. The fraction of sp³-hybridized carbons (Fsp3) is 0.464. The van der Waals surface area contributed by atoms with Crippen molar-refractivity contribution in [3.05, 3.63) is 58.9 Å². The van der Waals surface area contributed by atoms with E-state index in [1.54, 1.807) is 29.2 Å². The molecule has 1 N–H and O–H groups in total. The molecule has 2 heterocycles. The van der Waals surface area contributed by atoms with Crippen LogP contribution in [0.1, 0.15) is 54.1 Å². The second kappa shape index (κ2) is 11.0. The lowest BCUT2D eigenvalue weighted by atomic mass is 9.81. The summed E-state index contributed by atoms with van der Waals surface area (Å²) in [6.45, 7) is -1.23. The van der Waals surface area contributed by atoms with Gasteiger partial charge in [0.2, 0.25) is 0 Å². The number of carbonyl (C=O) groups excluding carboxylic acids is 1. The number of hydrogen-bond donors (Lipinski definition) is 1. The first-order valence-corrected chi connectivity index (χ1v) is 12.9. The third-order valence-corrected chi connectivity index (χ3v) is 7.80. The number of ether oxygens (including phenoxy) is 2. The van der Waals surface area contributed by atoms with Crippen molar-refractivity contribution >= 4 is 23.1 Å². The van der Waals surface area contributed by atoms with Gasteiger partial charge in [-0.3, -0.25) is 4.79 Å². The second-order valence-electron chi connectivity index (χ2n) is 9.99. The number of carbonyl (C=O) groups is 2. The van der Waals surface area contributed by atoms with Gasteiger partial charge in [-0.05, 0) is 67.9 Å². The molecule has 38 heavy (non-hydrogen) atoms. The molecule has 0 unspecified atom stereocenters. The van der Waals surface area contributed by atoms with Crippen LogP contribution in [-0.4, -0.2) is 51.9 Å². The van der Waals surface area contributed by atoms with Crippen LogP contribution in [0.25, 0.3) is 11.0 Å². The number of aliphatic carboxylic acids is 1. The standard InChI is InChI=1S/C28H31F2N3O5/c1-37-28(36)32-14-13-18-8-11-23-24(22(18)16-32)31-25(19-4-6-20(7-5-19)26(34)35)33(23)15-12-17-2-9-21(10-3-17)38-27(29)30/h2-3,8-11,19-20,27H,4-7,12-16H2,1H3,(H,34,35)/t19-,20-. The molecule has 1 saturated carbocycles. The van der Waals surface area contributed by atoms with Gasteiger partial charge in [0.25, 0.3) is 0 Å². The Morgan fingerprint density at radius 1 is 1.11 bits per heavy atom. The van der Waals surface area contributed by atoms with Gasteiger partial charge in [-0.1, -0.05) is 18.2 Å². The van der Waals surface area contributed by atoms with Gasteiger partial charge in [-0.2, -0.15) is 8.78 Å². The van der Waals surface area contributed by atoms with Gasteiger partial charge >= 0.3 is 18.7 Å². The number of hydrogen-bond acceptors (Lipinski definition) is 5. The van der Waals surface area contributed by atoms with Crippen LogP contribution in [0.3, 0.4) is 0 Å². The van der Waals surface area contributed by atoms with Crippen LogP contribution in [-0.2, 0) is 35.5 Å². The molecule has 1 fully saturated rings. The van der Waals surface area contributed by atoms with E-state index >= 15 is 0 Å². The van der Waals surface area contributed by atoms with E-state index in [-0.39, 0.29) is 23.7 Å². The Hall–Kier alpha value is -3.69. The van der Waals surface area contributed by atoms with E-state index in [0.717, 1.165) is 52.8 Å². The van der Waals surface area contributed by atoms with Gasteiger partial charge in [0.15, 0.2) is 0 Å². The predicted molar refractivity (Wildman–Crippen MR) is 135 cm³/mol. The second-order valence-corrected chi connectivity index (χ2v) is 9.99. The number of aromatic nitrogens is 2. The van der Waals surface area contributed by atoms with Gasteiger partial charge in [-0.25, -0.2) is 9.78 Å². The number of halogens is 2. The number of amides is 1. The molecule has 0 saturated heterocycles. The van der Waals surface area contributed by atoms with Crippen LogP contribution in [0.4, 0.5) is 13.6 Å². The lowest BCUT2D eigenvalue weighted by molar-refractivity contribution is -0.142. The first-order valence-electron chi connectivity index (χ1n) is 12.9. The number of imidazole rings is 1. The van der Waals surface area contributed by atoms with Gasteiger partial charge < -0.3 is 24.0 Å². The molecule has 2 aliphatic rings. The van der Waals surface area contributed by atoms with Crippen LogP contribution in [0, 0.1) is 5.92 Å². The van der Waals surface area contributed by atoms with Crippen LogP contribution >= 0.6 is 0 Å². The number of carboxylic acid groups (broad SMARTS) is 1. The molecule has 5 rings (SSSR count). The molecule has 202 valence electrons. The van der Waals surface area contributed by atoms with E-state index in [1.165, 1.54) is 7.11 Å². The summed E-state index contributed by atoms with van der Waals surface area (Å²) in [6, 6.07) is 10.8. The molecule has 1 aliphatic carbocycles. The van der Waals surface area contributed by atoms with E-state index in [0.29, 0.717) is 38.9 Å². The summed E-state index contributed by atoms with van der Waals surface area (Å²) in [5.74, 6) is 0.128. The van der Waals surface area contributed by atoms with Gasteiger partial charge in [0.1, 0.15) is 11.6 Å². The molecular formula is C28H31F2N3O5. The maximum Gasteiger partial charge on any atom is 0.409 e. The quantitative estimate of drug-likeness (QED) is 0.445. The summed E-state index contributed by atoms with van der Waals surface area (Å²) in [6.07, 6.45) is 3.74. The smallest absolute Gasteiger partial charge is 0.409 e. The molecule has 1 aliphatic heterocycles. The normalized spacial score (nSPS) is 19.4. The van der Waals surface area contributed by atoms with Crippen molar-refractivity contribution < 1.29 is 33.0 Å². The molecule has 10 heteroatoms. The van der Waals surface area contributed by atoms with Crippen molar-refractivity contribution in [3.63, 3.8) is 0 Å². The van der Waals surface area contributed by atoms with E-state index in [2.05, 4.69) is 21.4 Å². The Kier molecular flexibility index (Phi) is 7.49. The van der Waals surface area contributed by atoms with Crippen molar-refractivity contribution in [2.75, 3.05) is 13.7 Å². The molecule has 1 amide bonds. The molecule has 1 aromatic heterocycles. The largest absolute Gasteiger partial charge is 0.481 e. The summed E-state index contributed by atoms with van der Waals surface area (Å²) < 4.78 is 36.6. The summed E-state index contributed by atoms with van der Waals surface area (Å²) in [4.78, 5) is 30.6. The number of rotatable bonds is 7. The molecular weight excluding hydrogens is 496 g/mol. The maximum absolute atomic E-state index is 12.5. The Balaban J connectivity index is 1.47. The summed E-state index contributed by atoms with van der Waals surface area (Å²) >= 11 is 0. The summed E-state index contributed by atoms with van der Waals surface area (Å²) in [5.41, 5.74) is 5.00. The lowest BCUT2D eigenvalue weighted by Gasteiger charge is -2.27. The third-order valence-electron chi connectivity index (χ3n) is 7.80. The lowest BCUT2D eigenvalue weighted by Crippen LogP contribution is -2.35. The molecule has 0 spiro atoms. The maximum atomic E-state index is 12.5. The molecule has 8 nitrogen and oxygen atoms in total. The van der Waals surface area contributed by atoms with Crippen LogP contribution in [0.15, 0.2) is 36.4 Å². The van der Waals surface area contributed by atoms with Crippen molar-refractivity contribution in [3.8, 4) is 5.75 Å². The van der Waals surface area contributed by atoms with E-state index in [4.69, 9.17) is 9.72 Å². The predicted octanol–water partition coefficient (Wildman–Crippen LogP) is 5.36.